The van der Waals surface area contributed by atoms with Crippen molar-refractivity contribution in [1.29, 1.82) is 0 Å². The summed E-state index contributed by atoms with van der Waals surface area (Å²) in [7, 11) is -1.19. The van der Waals surface area contributed by atoms with Crippen molar-refractivity contribution in [3.63, 3.8) is 0 Å². The van der Waals surface area contributed by atoms with Gasteiger partial charge in [-0.25, -0.2) is 0 Å². The van der Waals surface area contributed by atoms with Gasteiger partial charge >= 0.3 is 105 Å². The van der Waals surface area contributed by atoms with Crippen LogP contribution in [0.5, 0.6) is 0 Å². The molecule has 8 rings (SSSR count). The van der Waals surface area contributed by atoms with Crippen LogP contribution in [-0.4, -0.2) is 12.6 Å². The predicted molar refractivity (Wildman–Crippen MR) is 144 cm³/mol. The zero-order valence-corrected chi connectivity index (χ0v) is 24.1. The van der Waals surface area contributed by atoms with Crippen molar-refractivity contribution >= 4 is 30.1 Å². The molecule has 0 saturated carbocycles. The fraction of sp³-hybridized carbons (Fsp3) is 0.226. The topological polar surface area (TPSA) is 4.93 Å². The van der Waals surface area contributed by atoms with Gasteiger partial charge in [0.15, 0.2) is 0 Å². The summed E-state index contributed by atoms with van der Waals surface area (Å²) in [6, 6.07) is 26.4. The first-order valence-corrected chi connectivity index (χ1v) is 16.7. The van der Waals surface area contributed by atoms with Gasteiger partial charge in [0.25, 0.3) is 0 Å². The molecule has 0 amide bonds. The first-order valence-electron chi connectivity index (χ1n) is 12.2. The van der Waals surface area contributed by atoms with E-state index in [9.17, 15) is 0 Å². The van der Waals surface area contributed by atoms with Gasteiger partial charge in [-0.15, -0.1) is 0 Å². The van der Waals surface area contributed by atoms with E-state index >= 15 is 0 Å². The monoisotopic (exact) mass is 534 g/mol. The van der Waals surface area contributed by atoms with Crippen molar-refractivity contribution in [3.8, 4) is 5.69 Å². The third-order valence-corrected chi connectivity index (χ3v) is 14.1. The van der Waals surface area contributed by atoms with Gasteiger partial charge in [0.1, 0.15) is 0 Å². The maximum absolute atomic E-state index is 2.52. The van der Waals surface area contributed by atoms with E-state index in [2.05, 4.69) is 117 Å². The van der Waals surface area contributed by atoms with Crippen LogP contribution in [0.4, 0.5) is 0 Å². The third-order valence-electron chi connectivity index (χ3n) is 8.11. The average molecular weight is 536 g/mol. The van der Waals surface area contributed by atoms with E-state index < -0.39 is 8.07 Å². The quantitative estimate of drug-likeness (QED) is 0.216. The predicted octanol–water partition coefficient (Wildman–Crippen LogP) is 8.30. The Morgan fingerprint density at radius 2 is 1.53 bits per heavy atom. The van der Waals surface area contributed by atoms with Crippen LogP contribution < -0.4 is 0 Å². The molecule has 2 bridgehead atoms. The number of hydrogen-bond donors (Lipinski definition) is 0. The fourth-order valence-corrected chi connectivity index (χ4v) is 11.8. The maximum atomic E-state index is 2.52. The zero-order chi connectivity index (χ0) is 23.8. The van der Waals surface area contributed by atoms with E-state index in [4.69, 9.17) is 0 Å². The van der Waals surface area contributed by atoms with E-state index in [1.807, 2.05) is 0 Å². The molecule has 2 atom stereocenters. The fourth-order valence-electron chi connectivity index (χ4n) is 6.71. The molecule has 0 fully saturated rings. The minimum absolute atomic E-state index is 0.678. The van der Waals surface area contributed by atoms with Gasteiger partial charge in [-0.2, -0.15) is 0 Å². The van der Waals surface area contributed by atoms with Crippen molar-refractivity contribution in [2.75, 3.05) is 0 Å². The van der Waals surface area contributed by atoms with Crippen LogP contribution in [0, 0.1) is 6.92 Å². The molecular weight excluding hydrogens is 506 g/mol. The number of aromatic nitrogens is 1. The van der Waals surface area contributed by atoms with E-state index in [1.54, 1.807) is 41.1 Å². The van der Waals surface area contributed by atoms with Gasteiger partial charge in [-0.1, -0.05) is 36.9 Å². The second-order valence-electron chi connectivity index (χ2n) is 10.6. The van der Waals surface area contributed by atoms with Crippen LogP contribution in [0.2, 0.25) is 13.1 Å². The number of fused-ring (bicyclic) bond motifs is 3. The molecule has 3 heterocycles. The Hall–Kier alpha value is -2.22. The van der Waals surface area contributed by atoms with Crippen LogP contribution in [0.3, 0.4) is 0 Å². The number of hydrogen-bond acceptors (Lipinski definition) is 0. The summed E-state index contributed by atoms with van der Waals surface area (Å²) in [5.41, 5.74) is 12.7. The number of allylic oxidation sites excluding steroid dienone is 2. The minimum atomic E-state index is -1.19. The summed E-state index contributed by atoms with van der Waals surface area (Å²) >= 11 is 1.60. The van der Waals surface area contributed by atoms with Crippen molar-refractivity contribution in [3.05, 3.63) is 112 Å². The van der Waals surface area contributed by atoms with Crippen LogP contribution in [0.25, 0.3) is 27.7 Å². The van der Waals surface area contributed by atoms with Gasteiger partial charge < -0.3 is 4.57 Å². The molecule has 1 aromatic heterocycles. The van der Waals surface area contributed by atoms with Crippen LogP contribution in [-0.2, 0) is 24.7 Å². The molecule has 4 aliphatic rings. The molecule has 3 aromatic carbocycles. The van der Waals surface area contributed by atoms with E-state index in [0.29, 0.717) is 3.63 Å². The summed E-state index contributed by atoms with van der Waals surface area (Å²) in [6.07, 6.45) is 2.36. The number of nitrogens with zero attached hydrogens (tertiary/aromatic N) is 1. The SMILES string of the molecule is CC1=C2c3c(cc(C)n3-c3ccccc3)C1[Si]2(C)C.CC1=Cc2c(ccc3ccccc23)[CH]1[Zr]. The molecule has 0 radical (unpaired) electrons. The molecule has 0 N–H and O–H groups in total. The summed E-state index contributed by atoms with van der Waals surface area (Å²) in [5.74, 6) is 0. The molecule has 0 saturated heterocycles. The van der Waals surface area contributed by atoms with E-state index in [-0.39, 0.29) is 0 Å². The number of para-hydroxylation sites is 1. The van der Waals surface area contributed by atoms with Gasteiger partial charge in [0.05, 0.1) is 8.07 Å². The number of aryl methyl sites for hydroxylation is 1. The second-order valence-corrected chi connectivity index (χ2v) is 16.5. The van der Waals surface area contributed by atoms with Crippen molar-refractivity contribution in [1.82, 2.24) is 4.57 Å². The number of benzene rings is 3. The molecule has 167 valence electrons. The average Bonchev–Trinajstić information content (AvgIpc) is 3.47. The summed E-state index contributed by atoms with van der Waals surface area (Å²) in [4.78, 5) is 0. The Bertz CT molecular complexity index is 1520. The Balaban J connectivity index is 0.000000132. The normalized spacial score (nSPS) is 20.9. The van der Waals surface area contributed by atoms with Crippen molar-refractivity contribution in [2.45, 2.75) is 43.0 Å². The molecule has 2 aliphatic carbocycles. The van der Waals surface area contributed by atoms with E-state index in [0.717, 1.165) is 5.54 Å². The van der Waals surface area contributed by atoms with Gasteiger partial charge in [0, 0.05) is 22.6 Å². The summed E-state index contributed by atoms with van der Waals surface area (Å²) in [6.45, 7) is 11.8. The van der Waals surface area contributed by atoms with Crippen molar-refractivity contribution < 1.29 is 24.7 Å². The van der Waals surface area contributed by atoms with Crippen LogP contribution in [0.1, 0.15) is 51.1 Å². The Morgan fingerprint density at radius 3 is 2.26 bits per heavy atom. The molecule has 1 nitrogen and oxygen atoms in total. The van der Waals surface area contributed by atoms with Gasteiger partial charge in [-0.3, -0.25) is 0 Å². The Kier molecular flexibility index (Phi) is 5.17. The molecule has 2 unspecified atom stereocenters. The molecule has 2 aliphatic heterocycles. The molecule has 3 heteroatoms. The summed E-state index contributed by atoms with van der Waals surface area (Å²) < 4.78 is 3.15. The summed E-state index contributed by atoms with van der Waals surface area (Å²) in [5, 5.41) is 4.47. The molecular formula is C31H30NSiZr. The van der Waals surface area contributed by atoms with Crippen LogP contribution >= 0.6 is 0 Å². The second kappa shape index (κ2) is 7.90. The number of rotatable bonds is 1. The first kappa shape index (κ1) is 22.3. The van der Waals surface area contributed by atoms with Gasteiger partial charge in [-0.05, 0) is 42.8 Å². The third kappa shape index (κ3) is 3.06. The van der Waals surface area contributed by atoms with Crippen molar-refractivity contribution in [2.24, 2.45) is 0 Å². The van der Waals surface area contributed by atoms with Gasteiger partial charge in [0.2, 0.25) is 0 Å². The molecule has 4 aromatic rings. The van der Waals surface area contributed by atoms with E-state index in [1.165, 1.54) is 44.5 Å². The van der Waals surface area contributed by atoms with Crippen LogP contribution in [0.15, 0.2) is 83.9 Å². The molecule has 0 spiro atoms. The standard InChI is InChI=1S/C17H19NSi.C14H11.Zr/c1-11-10-14-15(17-12(2)16(14)19(17,3)4)18(11)13-8-6-5-7-9-13;1-10-8-12-7-6-11-4-2-3-5-13(11)14(12)9-10;/h5-10,16H,1-4H3;2-9H,1H3;. The molecule has 34 heavy (non-hydrogen) atoms. The Labute approximate surface area is 219 Å². The zero-order valence-electron chi connectivity index (χ0n) is 20.6. The Morgan fingerprint density at radius 1 is 0.824 bits per heavy atom. The first-order chi connectivity index (χ1) is 16.3.